The number of amides is 1. The van der Waals surface area contributed by atoms with Gasteiger partial charge >= 0.3 is 0 Å². The standard InChI is InChI=1S/C11H18N4O/c1-11(2)8(12)6-9(11)13-10(16)7-4-5-15(3)14-7/h4-5,8-9H,6,12H2,1-3H3,(H,13,16). The van der Waals surface area contributed by atoms with Crippen LogP contribution in [0.3, 0.4) is 0 Å². The highest BCUT2D eigenvalue weighted by atomic mass is 16.2. The molecule has 3 N–H and O–H groups in total. The summed E-state index contributed by atoms with van der Waals surface area (Å²) < 4.78 is 1.62. The van der Waals surface area contributed by atoms with E-state index in [1.807, 2.05) is 0 Å². The minimum absolute atomic E-state index is 0.0234. The predicted molar refractivity (Wildman–Crippen MR) is 60.8 cm³/mol. The van der Waals surface area contributed by atoms with Crippen LogP contribution in [-0.4, -0.2) is 27.8 Å². The molecule has 1 aromatic heterocycles. The molecule has 16 heavy (non-hydrogen) atoms. The van der Waals surface area contributed by atoms with Crippen LogP contribution in [0.2, 0.25) is 0 Å². The van der Waals surface area contributed by atoms with Crippen LogP contribution in [0.15, 0.2) is 12.3 Å². The van der Waals surface area contributed by atoms with E-state index in [-0.39, 0.29) is 23.4 Å². The summed E-state index contributed by atoms with van der Waals surface area (Å²) in [6.07, 6.45) is 2.60. The highest BCUT2D eigenvalue weighted by Crippen LogP contribution is 2.39. The Labute approximate surface area is 95.0 Å². The maximum absolute atomic E-state index is 11.8. The van der Waals surface area contributed by atoms with Crippen LogP contribution in [0.4, 0.5) is 0 Å². The van der Waals surface area contributed by atoms with Gasteiger partial charge in [0.2, 0.25) is 0 Å². The van der Waals surface area contributed by atoms with E-state index in [1.165, 1.54) is 0 Å². The van der Waals surface area contributed by atoms with Crippen molar-refractivity contribution in [3.63, 3.8) is 0 Å². The summed E-state index contributed by atoms with van der Waals surface area (Å²) in [5, 5.41) is 7.03. The molecule has 2 rings (SSSR count). The molecule has 5 nitrogen and oxygen atoms in total. The Morgan fingerprint density at radius 1 is 1.69 bits per heavy atom. The average molecular weight is 222 g/mol. The Balaban J connectivity index is 1.99. The van der Waals surface area contributed by atoms with Gasteiger partial charge < -0.3 is 11.1 Å². The predicted octanol–water partition coefficient (Wildman–Crippen LogP) is 0.276. The Morgan fingerprint density at radius 3 is 2.81 bits per heavy atom. The van der Waals surface area contributed by atoms with Gasteiger partial charge in [0.15, 0.2) is 0 Å². The first-order chi connectivity index (χ1) is 7.41. The number of aromatic nitrogens is 2. The van der Waals surface area contributed by atoms with E-state index in [4.69, 9.17) is 5.73 Å². The Bertz CT molecular complexity index is 410. The largest absolute Gasteiger partial charge is 0.347 e. The minimum atomic E-state index is -0.120. The third-order valence-electron chi connectivity index (χ3n) is 3.59. The summed E-state index contributed by atoms with van der Waals surface area (Å²) in [5.74, 6) is -0.120. The highest BCUT2D eigenvalue weighted by molar-refractivity contribution is 5.92. The number of carbonyl (C=O) groups is 1. The molecule has 0 bridgehead atoms. The van der Waals surface area contributed by atoms with Gasteiger partial charge in [0, 0.05) is 30.7 Å². The molecular formula is C11H18N4O. The zero-order chi connectivity index (χ0) is 11.9. The molecule has 88 valence electrons. The Kier molecular flexibility index (Phi) is 2.50. The van der Waals surface area contributed by atoms with Crippen molar-refractivity contribution in [3.8, 4) is 0 Å². The van der Waals surface area contributed by atoms with Crippen LogP contribution in [0.5, 0.6) is 0 Å². The first-order valence-corrected chi connectivity index (χ1v) is 5.47. The van der Waals surface area contributed by atoms with Gasteiger partial charge in [0.25, 0.3) is 5.91 Å². The second kappa shape index (κ2) is 3.59. The number of aryl methyl sites for hydroxylation is 1. The van der Waals surface area contributed by atoms with Gasteiger partial charge in [-0.15, -0.1) is 0 Å². The van der Waals surface area contributed by atoms with Crippen LogP contribution in [0.1, 0.15) is 30.8 Å². The average Bonchev–Trinajstić information content (AvgIpc) is 2.64. The molecule has 0 aromatic carbocycles. The van der Waals surface area contributed by atoms with Gasteiger partial charge in [0.1, 0.15) is 5.69 Å². The lowest BCUT2D eigenvalue weighted by atomic mass is 9.63. The molecule has 1 aliphatic rings. The van der Waals surface area contributed by atoms with E-state index in [9.17, 15) is 4.79 Å². The van der Waals surface area contributed by atoms with Crippen molar-refractivity contribution < 1.29 is 4.79 Å². The molecular weight excluding hydrogens is 204 g/mol. The van der Waals surface area contributed by atoms with Crippen molar-refractivity contribution in [1.29, 1.82) is 0 Å². The summed E-state index contributed by atoms with van der Waals surface area (Å²) in [7, 11) is 1.79. The quantitative estimate of drug-likeness (QED) is 0.754. The van der Waals surface area contributed by atoms with Crippen LogP contribution >= 0.6 is 0 Å². The van der Waals surface area contributed by atoms with Gasteiger partial charge in [-0.05, 0) is 12.5 Å². The lowest BCUT2D eigenvalue weighted by Gasteiger charge is -2.50. The molecule has 0 aliphatic heterocycles. The fraction of sp³-hybridized carbons (Fsp3) is 0.636. The zero-order valence-electron chi connectivity index (χ0n) is 9.90. The number of nitrogens with one attached hydrogen (secondary N) is 1. The van der Waals surface area contributed by atoms with Crippen molar-refractivity contribution in [1.82, 2.24) is 15.1 Å². The SMILES string of the molecule is Cn1ccc(C(=O)NC2CC(N)C2(C)C)n1. The van der Waals surface area contributed by atoms with Crippen molar-refractivity contribution in [2.75, 3.05) is 0 Å². The van der Waals surface area contributed by atoms with Crippen LogP contribution in [0.25, 0.3) is 0 Å². The molecule has 1 aromatic rings. The topological polar surface area (TPSA) is 72.9 Å². The molecule has 2 unspecified atom stereocenters. The highest BCUT2D eigenvalue weighted by Gasteiger charge is 2.46. The minimum Gasteiger partial charge on any atom is -0.347 e. The third kappa shape index (κ3) is 1.71. The first-order valence-electron chi connectivity index (χ1n) is 5.47. The summed E-state index contributed by atoms with van der Waals surface area (Å²) in [5.41, 5.74) is 6.33. The molecule has 0 radical (unpaired) electrons. The fourth-order valence-corrected chi connectivity index (χ4v) is 1.97. The fourth-order valence-electron chi connectivity index (χ4n) is 1.97. The summed E-state index contributed by atoms with van der Waals surface area (Å²) >= 11 is 0. The number of rotatable bonds is 2. The summed E-state index contributed by atoms with van der Waals surface area (Å²) in [6, 6.07) is 2.03. The van der Waals surface area contributed by atoms with Crippen molar-refractivity contribution >= 4 is 5.91 Å². The molecule has 0 spiro atoms. The van der Waals surface area contributed by atoms with E-state index in [2.05, 4.69) is 24.3 Å². The Hall–Kier alpha value is -1.36. The number of nitrogens with two attached hydrogens (primary N) is 1. The third-order valence-corrected chi connectivity index (χ3v) is 3.59. The van der Waals surface area contributed by atoms with Gasteiger partial charge in [-0.3, -0.25) is 9.48 Å². The van der Waals surface area contributed by atoms with Crippen LogP contribution in [0, 0.1) is 5.41 Å². The smallest absolute Gasteiger partial charge is 0.272 e. The van der Waals surface area contributed by atoms with E-state index < -0.39 is 0 Å². The number of hydrogen-bond acceptors (Lipinski definition) is 3. The summed E-state index contributed by atoms with van der Waals surface area (Å²) in [6.45, 7) is 4.15. The van der Waals surface area contributed by atoms with Crippen molar-refractivity contribution in [2.45, 2.75) is 32.4 Å². The van der Waals surface area contributed by atoms with Gasteiger partial charge in [-0.1, -0.05) is 13.8 Å². The molecule has 5 heteroatoms. The lowest BCUT2D eigenvalue weighted by Crippen LogP contribution is -2.64. The molecule has 1 amide bonds. The molecule has 0 saturated heterocycles. The van der Waals surface area contributed by atoms with E-state index in [0.29, 0.717) is 5.69 Å². The zero-order valence-corrected chi connectivity index (χ0v) is 9.90. The number of hydrogen-bond donors (Lipinski definition) is 2. The monoisotopic (exact) mass is 222 g/mol. The molecule has 1 fully saturated rings. The molecule has 1 aliphatic carbocycles. The summed E-state index contributed by atoms with van der Waals surface area (Å²) in [4.78, 5) is 11.8. The molecule has 2 atom stereocenters. The van der Waals surface area contributed by atoms with E-state index in [0.717, 1.165) is 6.42 Å². The first kappa shape index (κ1) is 11.1. The second-order valence-electron chi connectivity index (χ2n) is 5.06. The van der Waals surface area contributed by atoms with Gasteiger partial charge in [-0.25, -0.2) is 0 Å². The van der Waals surface area contributed by atoms with Crippen LogP contribution in [-0.2, 0) is 7.05 Å². The van der Waals surface area contributed by atoms with E-state index in [1.54, 1.807) is 24.0 Å². The van der Waals surface area contributed by atoms with E-state index >= 15 is 0 Å². The lowest BCUT2D eigenvalue weighted by molar-refractivity contribution is 0.0583. The van der Waals surface area contributed by atoms with Gasteiger partial charge in [-0.2, -0.15) is 5.10 Å². The Morgan fingerprint density at radius 2 is 2.38 bits per heavy atom. The van der Waals surface area contributed by atoms with Crippen molar-refractivity contribution in [2.24, 2.45) is 18.2 Å². The second-order valence-corrected chi connectivity index (χ2v) is 5.06. The number of carbonyl (C=O) groups excluding carboxylic acids is 1. The maximum atomic E-state index is 11.8. The maximum Gasteiger partial charge on any atom is 0.272 e. The molecule has 1 saturated carbocycles. The van der Waals surface area contributed by atoms with Crippen molar-refractivity contribution in [3.05, 3.63) is 18.0 Å². The normalized spacial score (nSPS) is 27.2. The van der Waals surface area contributed by atoms with Gasteiger partial charge in [0.05, 0.1) is 0 Å². The van der Waals surface area contributed by atoms with Crippen LogP contribution < -0.4 is 11.1 Å². The molecule has 1 heterocycles. The number of nitrogens with zero attached hydrogens (tertiary/aromatic N) is 2.